The molecule has 86 valence electrons. The standard InChI is InChI=1S/C12H9ClN2O2/c13-11-7-6-10(14-15-11)12(16)17-8-9-4-2-1-3-5-9/h1-7H,8H2. The van der Waals surface area contributed by atoms with Crippen LogP contribution in [0.3, 0.4) is 0 Å². The van der Waals surface area contributed by atoms with Gasteiger partial charge < -0.3 is 4.74 Å². The van der Waals surface area contributed by atoms with Crippen molar-refractivity contribution in [2.45, 2.75) is 6.61 Å². The zero-order valence-electron chi connectivity index (χ0n) is 8.84. The molecular weight excluding hydrogens is 240 g/mol. The summed E-state index contributed by atoms with van der Waals surface area (Å²) in [7, 11) is 0. The minimum Gasteiger partial charge on any atom is -0.456 e. The topological polar surface area (TPSA) is 52.1 Å². The van der Waals surface area contributed by atoms with Crippen molar-refractivity contribution < 1.29 is 9.53 Å². The van der Waals surface area contributed by atoms with Gasteiger partial charge in [0.15, 0.2) is 10.8 Å². The van der Waals surface area contributed by atoms with Crippen LogP contribution in [0.1, 0.15) is 16.1 Å². The molecule has 0 fully saturated rings. The predicted octanol–water partition coefficient (Wildman–Crippen LogP) is 2.49. The van der Waals surface area contributed by atoms with E-state index in [0.29, 0.717) is 0 Å². The molecule has 0 spiro atoms. The molecule has 17 heavy (non-hydrogen) atoms. The largest absolute Gasteiger partial charge is 0.456 e. The van der Waals surface area contributed by atoms with Crippen LogP contribution in [-0.2, 0) is 11.3 Å². The van der Waals surface area contributed by atoms with Gasteiger partial charge in [-0.15, -0.1) is 10.2 Å². The minimum atomic E-state index is -0.516. The highest BCUT2D eigenvalue weighted by atomic mass is 35.5. The molecule has 0 saturated carbocycles. The molecular formula is C12H9ClN2O2. The van der Waals surface area contributed by atoms with Gasteiger partial charge in [-0.25, -0.2) is 4.79 Å². The average molecular weight is 249 g/mol. The summed E-state index contributed by atoms with van der Waals surface area (Å²) in [5.41, 5.74) is 1.06. The van der Waals surface area contributed by atoms with Gasteiger partial charge in [0.25, 0.3) is 0 Å². The summed E-state index contributed by atoms with van der Waals surface area (Å²) in [6.45, 7) is 0.212. The van der Waals surface area contributed by atoms with Crippen LogP contribution >= 0.6 is 11.6 Å². The second-order valence-electron chi connectivity index (χ2n) is 3.30. The summed E-state index contributed by atoms with van der Waals surface area (Å²) in [6.07, 6.45) is 0. The number of rotatable bonds is 3. The van der Waals surface area contributed by atoms with E-state index in [9.17, 15) is 4.79 Å². The fraction of sp³-hybridized carbons (Fsp3) is 0.0833. The van der Waals surface area contributed by atoms with E-state index in [2.05, 4.69) is 10.2 Å². The molecule has 0 unspecified atom stereocenters. The molecule has 0 aliphatic rings. The first-order valence-corrected chi connectivity index (χ1v) is 5.34. The van der Waals surface area contributed by atoms with Crippen molar-refractivity contribution in [3.63, 3.8) is 0 Å². The van der Waals surface area contributed by atoms with Crippen LogP contribution in [0.15, 0.2) is 42.5 Å². The summed E-state index contributed by atoms with van der Waals surface area (Å²) in [5.74, 6) is -0.516. The zero-order chi connectivity index (χ0) is 12.1. The van der Waals surface area contributed by atoms with Crippen LogP contribution in [0.5, 0.6) is 0 Å². The molecule has 0 saturated heterocycles. The summed E-state index contributed by atoms with van der Waals surface area (Å²) in [5, 5.41) is 7.44. The Morgan fingerprint density at radius 2 is 1.88 bits per heavy atom. The van der Waals surface area contributed by atoms with E-state index in [-0.39, 0.29) is 17.5 Å². The van der Waals surface area contributed by atoms with Crippen LogP contribution in [-0.4, -0.2) is 16.2 Å². The van der Waals surface area contributed by atoms with Gasteiger partial charge in [0.05, 0.1) is 0 Å². The molecule has 0 bridgehead atoms. The molecule has 1 aromatic carbocycles. The second kappa shape index (κ2) is 5.41. The summed E-state index contributed by atoms with van der Waals surface area (Å²) in [6, 6.07) is 12.4. The van der Waals surface area contributed by atoms with Gasteiger partial charge in [-0.3, -0.25) is 0 Å². The number of carbonyl (C=O) groups excluding carboxylic acids is 1. The minimum absolute atomic E-state index is 0.144. The number of ether oxygens (including phenoxy) is 1. The molecule has 2 rings (SSSR count). The van der Waals surface area contributed by atoms with Gasteiger partial charge >= 0.3 is 5.97 Å². The smallest absolute Gasteiger partial charge is 0.359 e. The number of esters is 1. The van der Waals surface area contributed by atoms with Crippen molar-refractivity contribution in [2.75, 3.05) is 0 Å². The third-order valence-corrected chi connectivity index (χ3v) is 2.26. The van der Waals surface area contributed by atoms with E-state index in [1.54, 1.807) is 0 Å². The van der Waals surface area contributed by atoms with Crippen LogP contribution in [0.2, 0.25) is 5.15 Å². The van der Waals surface area contributed by atoms with Gasteiger partial charge in [0.2, 0.25) is 0 Å². The molecule has 0 amide bonds. The van der Waals surface area contributed by atoms with E-state index in [4.69, 9.17) is 16.3 Å². The second-order valence-corrected chi connectivity index (χ2v) is 3.69. The van der Waals surface area contributed by atoms with E-state index in [0.717, 1.165) is 5.56 Å². The number of benzene rings is 1. The predicted molar refractivity (Wildman–Crippen MR) is 62.6 cm³/mol. The summed E-state index contributed by atoms with van der Waals surface area (Å²) in [4.78, 5) is 11.6. The zero-order valence-corrected chi connectivity index (χ0v) is 9.59. The Labute approximate surface area is 103 Å². The van der Waals surface area contributed by atoms with Crippen molar-refractivity contribution in [2.24, 2.45) is 0 Å². The van der Waals surface area contributed by atoms with Crippen molar-refractivity contribution >= 4 is 17.6 Å². The lowest BCUT2D eigenvalue weighted by Crippen LogP contribution is -2.08. The molecule has 1 aromatic heterocycles. The lowest BCUT2D eigenvalue weighted by Gasteiger charge is -2.03. The normalized spacial score (nSPS) is 9.94. The first-order valence-electron chi connectivity index (χ1n) is 4.96. The SMILES string of the molecule is O=C(OCc1ccccc1)c1ccc(Cl)nn1. The summed E-state index contributed by atoms with van der Waals surface area (Å²) >= 11 is 5.56. The highest BCUT2D eigenvalue weighted by Crippen LogP contribution is 2.06. The van der Waals surface area contributed by atoms with Crippen molar-refractivity contribution in [1.82, 2.24) is 10.2 Å². The highest BCUT2D eigenvalue weighted by molar-refractivity contribution is 6.29. The van der Waals surface area contributed by atoms with Crippen LogP contribution in [0.25, 0.3) is 0 Å². The van der Waals surface area contributed by atoms with Gasteiger partial charge in [-0.1, -0.05) is 41.9 Å². The lowest BCUT2D eigenvalue weighted by atomic mass is 10.2. The van der Waals surface area contributed by atoms with Crippen LogP contribution in [0.4, 0.5) is 0 Å². The van der Waals surface area contributed by atoms with Gasteiger partial charge in [0.1, 0.15) is 6.61 Å². The molecule has 0 atom stereocenters. The van der Waals surface area contributed by atoms with E-state index in [1.165, 1.54) is 12.1 Å². The van der Waals surface area contributed by atoms with Crippen molar-refractivity contribution in [3.8, 4) is 0 Å². The molecule has 0 N–H and O–H groups in total. The molecule has 2 aromatic rings. The number of halogens is 1. The molecule has 0 aliphatic carbocycles. The van der Waals surface area contributed by atoms with E-state index >= 15 is 0 Å². The maximum atomic E-state index is 11.6. The number of aromatic nitrogens is 2. The Kier molecular flexibility index (Phi) is 3.67. The first-order chi connectivity index (χ1) is 8.25. The average Bonchev–Trinajstić information content (AvgIpc) is 2.38. The maximum Gasteiger partial charge on any atom is 0.359 e. The third kappa shape index (κ3) is 3.26. The Morgan fingerprint density at radius 3 is 2.53 bits per heavy atom. The van der Waals surface area contributed by atoms with Gasteiger partial charge in [0, 0.05) is 0 Å². The Hall–Kier alpha value is -1.94. The van der Waals surface area contributed by atoms with E-state index in [1.807, 2.05) is 30.3 Å². The quantitative estimate of drug-likeness (QED) is 0.783. The molecule has 1 heterocycles. The number of hydrogen-bond donors (Lipinski definition) is 0. The fourth-order valence-electron chi connectivity index (χ4n) is 1.22. The highest BCUT2D eigenvalue weighted by Gasteiger charge is 2.09. The maximum absolute atomic E-state index is 11.6. The molecule has 0 radical (unpaired) electrons. The van der Waals surface area contributed by atoms with Gasteiger partial charge in [-0.05, 0) is 17.7 Å². The summed E-state index contributed by atoms with van der Waals surface area (Å²) < 4.78 is 5.07. The third-order valence-electron chi connectivity index (χ3n) is 2.05. The van der Waals surface area contributed by atoms with Crippen LogP contribution in [0, 0.1) is 0 Å². The Morgan fingerprint density at radius 1 is 1.12 bits per heavy atom. The number of hydrogen-bond acceptors (Lipinski definition) is 4. The molecule has 4 nitrogen and oxygen atoms in total. The van der Waals surface area contributed by atoms with E-state index < -0.39 is 5.97 Å². The van der Waals surface area contributed by atoms with Crippen LogP contribution < -0.4 is 0 Å². The fourth-order valence-corrected chi connectivity index (χ4v) is 1.32. The number of carbonyl (C=O) groups is 1. The lowest BCUT2D eigenvalue weighted by molar-refractivity contribution is 0.0464. The first kappa shape index (κ1) is 11.5. The number of nitrogens with zero attached hydrogens (tertiary/aromatic N) is 2. The Bertz CT molecular complexity index is 500. The van der Waals surface area contributed by atoms with Gasteiger partial charge in [-0.2, -0.15) is 0 Å². The molecule has 5 heteroatoms. The molecule has 0 aliphatic heterocycles. The monoisotopic (exact) mass is 248 g/mol. The van der Waals surface area contributed by atoms with Crippen molar-refractivity contribution in [1.29, 1.82) is 0 Å². The Balaban J connectivity index is 1.96. The van der Waals surface area contributed by atoms with Crippen molar-refractivity contribution in [3.05, 3.63) is 58.9 Å².